The summed E-state index contributed by atoms with van der Waals surface area (Å²) >= 11 is 0. The lowest BCUT2D eigenvalue weighted by atomic mass is 9.75. The molecule has 0 saturated carbocycles. The fourth-order valence-corrected chi connectivity index (χ4v) is 3.00. The van der Waals surface area contributed by atoms with E-state index in [4.69, 9.17) is 0 Å². The van der Waals surface area contributed by atoms with E-state index in [1.807, 2.05) is 6.20 Å². The average molecular weight is 191 g/mol. The molecule has 0 bridgehead atoms. The summed E-state index contributed by atoms with van der Waals surface area (Å²) in [5.74, 6) is 1.78. The summed E-state index contributed by atoms with van der Waals surface area (Å²) in [6.45, 7) is 2.54. The topological polar surface area (TPSA) is 31.9 Å². The van der Waals surface area contributed by atoms with E-state index in [0.717, 1.165) is 11.8 Å². The summed E-state index contributed by atoms with van der Waals surface area (Å²) in [5.41, 5.74) is 2.86. The van der Waals surface area contributed by atoms with Crippen LogP contribution in [0.1, 0.15) is 17.7 Å². The van der Waals surface area contributed by atoms with Gasteiger partial charge in [-0.15, -0.1) is 0 Å². The smallest absolute Gasteiger partial charge is 0.0522 e. The molecule has 3 heteroatoms. The zero-order valence-electron chi connectivity index (χ0n) is 8.66. The minimum absolute atomic E-state index is 0.874. The summed E-state index contributed by atoms with van der Waals surface area (Å²) in [5, 5.41) is 7.28. The third-order valence-electron chi connectivity index (χ3n) is 3.85. The molecular formula is C11H17N3. The average Bonchev–Trinajstić information content (AvgIpc) is 2.61. The molecule has 1 aliphatic carbocycles. The quantitative estimate of drug-likeness (QED) is 0.665. The first kappa shape index (κ1) is 8.48. The lowest BCUT2D eigenvalue weighted by molar-refractivity contribution is 0.134. The predicted octanol–water partition coefficient (Wildman–Crippen LogP) is 1.08. The second-order valence-corrected chi connectivity index (χ2v) is 4.85. The highest BCUT2D eigenvalue weighted by atomic mass is 15.1. The third kappa shape index (κ3) is 1.27. The summed E-state index contributed by atoms with van der Waals surface area (Å²) in [6.07, 6.45) is 5.84. The monoisotopic (exact) mass is 191 g/mol. The minimum Gasteiger partial charge on any atom is -0.306 e. The van der Waals surface area contributed by atoms with Gasteiger partial charge >= 0.3 is 0 Å². The third-order valence-corrected chi connectivity index (χ3v) is 3.85. The highest BCUT2D eigenvalue weighted by Gasteiger charge is 2.32. The molecular weight excluding hydrogens is 174 g/mol. The van der Waals surface area contributed by atoms with E-state index >= 15 is 0 Å². The van der Waals surface area contributed by atoms with Crippen molar-refractivity contribution in [3.05, 3.63) is 17.5 Å². The van der Waals surface area contributed by atoms with Crippen molar-refractivity contribution in [1.29, 1.82) is 0 Å². The van der Waals surface area contributed by atoms with Crippen LogP contribution in [0.5, 0.6) is 0 Å². The van der Waals surface area contributed by atoms with Crippen molar-refractivity contribution in [2.24, 2.45) is 11.8 Å². The van der Waals surface area contributed by atoms with Crippen LogP contribution in [0, 0.1) is 11.8 Å². The number of nitrogens with zero attached hydrogens (tertiary/aromatic N) is 2. The molecule has 76 valence electrons. The molecule has 14 heavy (non-hydrogen) atoms. The van der Waals surface area contributed by atoms with Gasteiger partial charge in [-0.3, -0.25) is 5.10 Å². The van der Waals surface area contributed by atoms with Crippen molar-refractivity contribution in [3.8, 4) is 0 Å². The Balaban J connectivity index is 1.85. The Morgan fingerprint density at radius 3 is 3.29 bits per heavy atom. The molecule has 2 aliphatic rings. The fourth-order valence-electron chi connectivity index (χ4n) is 3.00. The van der Waals surface area contributed by atoms with E-state index in [1.165, 1.54) is 43.6 Å². The van der Waals surface area contributed by atoms with Gasteiger partial charge < -0.3 is 4.90 Å². The van der Waals surface area contributed by atoms with E-state index in [1.54, 1.807) is 0 Å². The second-order valence-electron chi connectivity index (χ2n) is 4.85. The molecule has 1 N–H and O–H groups in total. The number of piperidine rings is 1. The van der Waals surface area contributed by atoms with Crippen molar-refractivity contribution >= 4 is 0 Å². The van der Waals surface area contributed by atoms with Gasteiger partial charge in [-0.2, -0.15) is 5.10 Å². The van der Waals surface area contributed by atoms with Gasteiger partial charge in [-0.05, 0) is 50.3 Å². The van der Waals surface area contributed by atoms with Crippen LogP contribution in [0.3, 0.4) is 0 Å². The van der Waals surface area contributed by atoms with Crippen molar-refractivity contribution in [1.82, 2.24) is 15.1 Å². The number of H-pyrrole nitrogens is 1. The molecule has 0 unspecified atom stereocenters. The van der Waals surface area contributed by atoms with Gasteiger partial charge in [-0.1, -0.05) is 0 Å². The van der Waals surface area contributed by atoms with Crippen LogP contribution in [-0.4, -0.2) is 35.2 Å². The van der Waals surface area contributed by atoms with Gasteiger partial charge in [0.2, 0.25) is 0 Å². The van der Waals surface area contributed by atoms with Crippen LogP contribution in [0.4, 0.5) is 0 Å². The van der Waals surface area contributed by atoms with Gasteiger partial charge in [0, 0.05) is 12.2 Å². The van der Waals surface area contributed by atoms with E-state index < -0.39 is 0 Å². The molecule has 1 saturated heterocycles. The molecule has 2 atom stereocenters. The maximum atomic E-state index is 4.14. The Bertz CT molecular complexity index is 331. The Morgan fingerprint density at radius 2 is 2.36 bits per heavy atom. The SMILES string of the molecule is CN1CC[C@H]2Cc3[nH]ncc3C[C@@H]2C1. The molecule has 1 aromatic rings. The van der Waals surface area contributed by atoms with Crippen LogP contribution in [-0.2, 0) is 12.8 Å². The van der Waals surface area contributed by atoms with Gasteiger partial charge in [0.15, 0.2) is 0 Å². The van der Waals surface area contributed by atoms with Crippen molar-refractivity contribution in [2.75, 3.05) is 20.1 Å². The highest BCUT2D eigenvalue weighted by molar-refractivity contribution is 5.21. The number of hydrogen-bond donors (Lipinski definition) is 1. The van der Waals surface area contributed by atoms with Crippen molar-refractivity contribution in [2.45, 2.75) is 19.3 Å². The van der Waals surface area contributed by atoms with Crippen LogP contribution < -0.4 is 0 Å². The van der Waals surface area contributed by atoms with Crippen LogP contribution >= 0.6 is 0 Å². The molecule has 3 rings (SSSR count). The van der Waals surface area contributed by atoms with E-state index in [2.05, 4.69) is 22.1 Å². The van der Waals surface area contributed by atoms with Crippen LogP contribution in [0.25, 0.3) is 0 Å². The largest absolute Gasteiger partial charge is 0.306 e. The summed E-state index contributed by atoms with van der Waals surface area (Å²) in [6, 6.07) is 0. The normalized spacial score (nSPS) is 32.4. The Labute approximate surface area is 84.5 Å². The molecule has 2 heterocycles. The molecule has 0 aromatic carbocycles. The van der Waals surface area contributed by atoms with Crippen LogP contribution in [0.2, 0.25) is 0 Å². The Kier molecular flexibility index (Phi) is 1.87. The van der Waals surface area contributed by atoms with E-state index in [-0.39, 0.29) is 0 Å². The first-order valence-corrected chi connectivity index (χ1v) is 5.52. The molecule has 0 radical (unpaired) electrons. The molecule has 1 aromatic heterocycles. The zero-order valence-corrected chi connectivity index (χ0v) is 8.66. The predicted molar refractivity (Wildman–Crippen MR) is 55.1 cm³/mol. The summed E-state index contributed by atoms with van der Waals surface area (Å²) in [4.78, 5) is 2.46. The number of likely N-dealkylation sites (tertiary alicyclic amines) is 1. The Hall–Kier alpha value is -0.830. The molecule has 0 spiro atoms. The Morgan fingerprint density at radius 1 is 1.43 bits per heavy atom. The number of nitrogens with one attached hydrogen (secondary N) is 1. The lowest BCUT2D eigenvalue weighted by Gasteiger charge is -2.39. The number of fused-ring (bicyclic) bond motifs is 2. The minimum atomic E-state index is 0.874. The number of rotatable bonds is 0. The molecule has 3 nitrogen and oxygen atoms in total. The first-order valence-electron chi connectivity index (χ1n) is 5.52. The second kappa shape index (κ2) is 3.09. The standard InChI is InChI=1S/C11H17N3/c1-14-3-2-8-5-11-9(6-12-13-11)4-10(8)7-14/h6,8,10H,2-5,7H2,1H3,(H,12,13)/t8-,10+/m0/s1. The van der Waals surface area contributed by atoms with E-state index in [9.17, 15) is 0 Å². The molecule has 1 fully saturated rings. The van der Waals surface area contributed by atoms with Crippen molar-refractivity contribution in [3.63, 3.8) is 0 Å². The van der Waals surface area contributed by atoms with E-state index in [0.29, 0.717) is 0 Å². The van der Waals surface area contributed by atoms with Crippen LogP contribution in [0.15, 0.2) is 6.20 Å². The fraction of sp³-hybridized carbons (Fsp3) is 0.727. The molecule has 0 amide bonds. The number of aromatic amines is 1. The summed E-state index contributed by atoms with van der Waals surface area (Å²) in [7, 11) is 2.24. The van der Waals surface area contributed by atoms with Gasteiger partial charge in [0.1, 0.15) is 0 Å². The highest BCUT2D eigenvalue weighted by Crippen LogP contribution is 2.34. The lowest BCUT2D eigenvalue weighted by Crippen LogP contribution is -2.41. The zero-order chi connectivity index (χ0) is 9.54. The maximum Gasteiger partial charge on any atom is 0.0522 e. The van der Waals surface area contributed by atoms with Crippen molar-refractivity contribution < 1.29 is 0 Å². The molecule has 1 aliphatic heterocycles. The van der Waals surface area contributed by atoms with Gasteiger partial charge in [0.05, 0.1) is 6.20 Å². The summed E-state index contributed by atoms with van der Waals surface area (Å²) < 4.78 is 0. The number of hydrogen-bond acceptors (Lipinski definition) is 2. The number of aromatic nitrogens is 2. The maximum absolute atomic E-state index is 4.14. The first-order chi connectivity index (χ1) is 6.83. The van der Waals surface area contributed by atoms with Gasteiger partial charge in [-0.25, -0.2) is 0 Å². The van der Waals surface area contributed by atoms with Gasteiger partial charge in [0.25, 0.3) is 0 Å².